The molecule has 2 aliphatic carbocycles. The fraction of sp³-hybridized carbons (Fsp3) is 0.750. The van der Waals surface area contributed by atoms with Gasteiger partial charge >= 0.3 is 12.2 Å². The first-order chi connectivity index (χ1) is 11.8. The summed E-state index contributed by atoms with van der Waals surface area (Å²) in [7, 11) is 0. The van der Waals surface area contributed by atoms with Crippen LogP contribution in [0.25, 0.3) is 0 Å². The molecule has 0 aliphatic heterocycles. The van der Waals surface area contributed by atoms with Crippen LogP contribution in [0.15, 0.2) is 10.4 Å². The number of carbonyl (C=O) groups excluding carboxylic acids is 1. The number of nitrogens with zero attached hydrogens (tertiary/aromatic N) is 2. The van der Waals surface area contributed by atoms with Gasteiger partial charge in [0.05, 0.1) is 16.3 Å². The predicted molar refractivity (Wildman–Crippen MR) is 94.3 cm³/mol. The van der Waals surface area contributed by atoms with Crippen molar-refractivity contribution < 1.29 is 18.0 Å². The minimum Gasteiger partial charge on any atom is -0.319 e. The number of nitrogens with one attached hydrogen (secondary N) is 1. The molecule has 0 saturated heterocycles. The predicted octanol–water partition coefficient (Wildman–Crippen LogP) is 5.33. The smallest absolute Gasteiger partial charge is 0.319 e. The Morgan fingerprint density at radius 3 is 2.28 bits per heavy atom. The van der Waals surface area contributed by atoms with Crippen LogP contribution in [-0.4, -0.2) is 34.2 Å². The highest BCUT2D eigenvalue weighted by Crippen LogP contribution is 2.40. The third kappa shape index (κ3) is 4.61. The average molecular weight is 394 g/mol. The molecule has 0 aromatic carbocycles. The number of hydrogen-bond acceptors (Lipinski definition) is 4. The van der Waals surface area contributed by atoms with Crippen LogP contribution in [-0.2, 0) is 0 Å². The molecule has 1 aromatic rings. The van der Waals surface area contributed by atoms with E-state index < -0.39 is 12.1 Å². The van der Waals surface area contributed by atoms with Crippen LogP contribution in [0.1, 0.15) is 51.4 Å². The van der Waals surface area contributed by atoms with Crippen molar-refractivity contribution in [3.05, 3.63) is 6.20 Å². The molecule has 9 heteroatoms. The Hall–Kier alpha value is -0.960. The lowest BCUT2D eigenvalue weighted by Gasteiger charge is -2.40. The van der Waals surface area contributed by atoms with E-state index in [0.717, 1.165) is 25.7 Å². The molecule has 2 saturated carbocycles. The van der Waals surface area contributed by atoms with Gasteiger partial charge in [0.15, 0.2) is 5.13 Å². The van der Waals surface area contributed by atoms with Gasteiger partial charge in [0, 0.05) is 12.1 Å². The van der Waals surface area contributed by atoms with E-state index in [-0.39, 0.29) is 31.0 Å². The molecular weight excluding hydrogens is 371 g/mol. The van der Waals surface area contributed by atoms with Crippen molar-refractivity contribution in [1.29, 1.82) is 0 Å². The first-order valence-corrected chi connectivity index (χ1v) is 9.92. The van der Waals surface area contributed by atoms with E-state index in [2.05, 4.69) is 22.9 Å². The normalized spacial score (nSPS) is 25.1. The Labute approximate surface area is 154 Å². The molecule has 0 radical (unpaired) electrons. The van der Waals surface area contributed by atoms with Gasteiger partial charge in [0.2, 0.25) is 0 Å². The van der Waals surface area contributed by atoms with Crippen molar-refractivity contribution in [2.45, 2.75) is 73.8 Å². The van der Waals surface area contributed by atoms with E-state index in [1.165, 1.54) is 11.3 Å². The molecule has 0 bridgehead atoms. The zero-order valence-corrected chi connectivity index (χ0v) is 15.5. The molecule has 1 aromatic heterocycles. The second kappa shape index (κ2) is 7.73. The van der Waals surface area contributed by atoms with Gasteiger partial charge in [-0.15, -0.1) is 12.6 Å². The van der Waals surface area contributed by atoms with E-state index in [9.17, 15) is 18.0 Å². The molecule has 2 fully saturated rings. The SMILES string of the molecule is O=C(Nc1ncc(S)s1)N(C1CCCC1)C1CCC(C(F)(F)F)CC1. The van der Waals surface area contributed by atoms with Crippen LogP contribution in [0.4, 0.5) is 23.1 Å². The molecule has 2 aliphatic rings. The molecule has 1 heterocycles. The van der Waals surface area contributed by atoms with E-state index in [1.54, 1.807) is 11.1 Å². The number of rotatable bonds is 3. The second-order valence-electron chi connectivity index (χ2n) is 6.83. The van der Waals surface area contributed by atoms with Crippen LogP contribution in [0.2, 0.25) is 0 Å². The van der Waals surface area contributed by atoms with Crippen molar-refractivity contribution in [3.63, 3.8) is 0 Å². The monoisotopic (exact) mass is 393 g/mol. The Kier molecular flexibility index (Phi) is 5.82. The summed E-state index contributed by atoms with van der Waals surface area (Å²) in [6.07, 6.45) is 2.41. The summed E-state index contributed by atoms with van der Waals surface area (Å²) >= 11 is 5.46. The molecule has 4 nitrogen and oxygen atoms in total. The highest BCUT2D eigenvalue weighted by Gasteiger charge is 2.44. The van der Waals surface area contributed by atoms with Crippen LogP contribution in [0.5, 0.6) is 0 Å². The molecule has 0 atom stereocenters. The van der Waals surface area contributed by atoms with Gasteiger partial charge in [-0.05, 0) is 38.5 Å². The maximum atomic E-state index is 12.9. The van der Waals surface area contributed by atoms with Crippen LogP contribution in [0.3, 0.4) is 0 Å². The molecule has 0 spiro atoms. The number of alkyl halides is 3. The molecule has 140 valence electrons. The zero-order valence-electron chi connectivity index (χ0n) is 13.8. The minimum atomic E-state index is -4.13. The first-order valence-electron chi connectivity index (χ1n) is 8.65. The van der Waals surface area contributed by atoms with Crippen molar-refractivity contribution in [1.82, 2.24) is 9.88 Å². The summed E-state index contributed by atoms with van der Waals surface area (Å²) in [5, 5.41) is 3.28. The molecular formula is C16H22F3N3OS2. The zero-order chi connectivity index (χ0) is 18.0. The molecule has 2 amide bonds. The Balaban J connectivity index is 1.68. The summed E-state index contributed by atoms with van der Waals surface area (Å²) in [5.41, 5.74) is 0. The summed E-state index contributed by atoms with van der Waals surface area (Å²) < 4.78 is 39.4. The highest BCUT2D eigenvalue weighted by molar-refractivity contribution is 7.83. The molecule has 25 heavy (non-hydrogen) atoms. The number of urea groups is 1. The first kappa shape index (κ1) is 18.8. The quantitative estimate of drug-likeness (QED) is 0.682. The van der Waals surface area contributed by atoms with Gasteiger partial charge in [-0.1, -0.05) is 24.2 Å². The van der Waals surface area contributed by atoms with Crippen molar-refractivity contribution >= 4 is 35.1 Å². The lowest BCUT2D eigenvalue weighted by atomic mass is 9.84. The van der Waals surface area contributed by atoms with Crippen molar-refractivity contribution in [2.24, 2.45) is 5.92 Å². The Bertz CT molecular complexity index is 594. The number of thiol groups is 1. The lowest BCUT2D eigenvalue weighted by Crippen LogP contribution is -2.50. The number of anilines is 1. The van der Waals surface area contributed by atoms with Gasteiger partial charge in [-0.3, -0.25) is 5.32 Å². The van der Waals surface area contributed by atoms with Gasteiger partial charge in [0.1, 0.15) is 0 Å². The molecule has 0 unspecified atom stereocenters. The van der Waals surface area contributed by atoms with E-state index in [4.69, 9.17) is 0 Å². The van der Waals surface area contributed by atoms with Gasteiger partial charge in [0.25, 0.3) is 0 Å². The topological polar surface area (TPSA) is 45.2 Å². The number of thiazole rings is 1. The Morgan fingerprint density at radius 2 is 1.76 bits per heavy atom. The molecule has 1 N–H and O–H groups in total. The van der Waals surface area contributed by atoms with E-state index in [0.29, 0.717) is 22.2 Å². The highest BCUT2D eigenvalue weighted by atomic mass is 32.2. The van der Waals surface area contributed by atoms with E-state index >= 15 is 0 Å². The van der Waals surface area contributed by atoms with Crippen LogP contribution >= 0.6 is 24.0 Å². The van der Waals surface area contributed by atoms with Gasteiger partial charge in [-0.2, -0.15) is 13.2 Å². The number of halogens is 3. The Morgan fingerprint density at radius 1 is 1.16 bits per heavy atom. The number of aromatic nitrogens is 1. The standard InChI is InChI=1S/C16H22F3N3OS2/c17-16(18,19)10-5-7-12(8-6-10)22(11-3-1-2-4-11)15(23)21-14-20-9-13(24)25-14/h9-12,24H,1-8H2,(H,20,21,23). The number of carbonyl (C=O) groups is 1. The van der Waals surface area contributed by atoms with Crippen LogP contribution < -0.4 is 5.32 Å². The van der Waals surface area contributed by atoms with Crippen molar-refractivity contribution in [3.8, 4) is 0 Å². The largest absolute Gasteiger partial charge is 0.391 e. The maximum Gasteiger partial charge on any atom is 0.391 e. The lowest BCUT2D eigenvalue weighted by molar-refractivity contribution is -0.184. The number of hydrogen-bond donors (Lipinski definition) is 2. The summed E-state index contributed by atoms with van der Waals surface area (Å²) in [4.78, 5) is 18.7. The summed E-state index contributed by atoms with van der Waals surface area (Å²) in [6.45, 7) is 0. The van der Waals surface area contributed by atoms with Gasteiger partial charge < -0.3 is 4.90 Å². The fourth-order valence-corrected chi connectivity index (χ4v) is 4.84. The van der Waals surface area contributed by atoms with Crippen molar-refractivity contribution in [2.75, 3.05) is 5.32 Å². The second-order valence-corrected chi connectivity index (χ2v) is 8.64. The fourth-order valence-electron chi connectivity index (χ4n) is 3.97. The van der Waals surface area contributed by atoms with E-state index in [1.807, 2.05) is 0 Å². The van der Waals surface area contributed by atoms with Gasteiger partial charge in [-0.25, -0.2) is 9.78 Å². The third-order valence-corrected chi connectivity index (χ3v) is 6.32. The summed E-state index contributed by atoms with van der Waals surface area (Å²) in [6, 6.07) is -0.259. The van der Waals surface area contributed by atoms with Crippen LogP contribution in [0, 0.1) is 5.92 Å². The maximum absolute atomic E-state index is 12.9. The average Bonchev–Trinajstić information content (AvgIpc) is 3.19. The summed E-state index contributed by atoms with van der Waals surface area (Å²) in [5.74, 6) is -1.23. The molecule has 3 rings (SSSR count). The number of amides is 2. The third-order valence-electron chi connectivity index (χ3n) is 5.21. The minimum absolute atomic E-state index is 0.0999.